The number of hydrogen-bond donors (Lipinski definition) is 1. The number of likely N-dealkylation sites (tertiary alicyclic amines) is 1. The number of aliphatic hydroxyl groups excluding tert-OH is 1. The largest absolute Gasteiger partial charge is 0.455 e. The number of aromatic nitrogens is 3. The predicted octanol–water partition coefficient (Wildman–Crippen LogP) is 3.58. The summed E-state index contributed by atoms with van der Waals surface area (Å²) in [4.78, 5) is 62.9. The molecule has 278 valence electrons. The van der Waals surface area contributed by atoms with Crippen molar-refractivity contribution in [3.8, 4) is 0 Å². The highest BCUT2D eigenvalue weighted by molar-refractivity contribution is 5.99. The average molecular weight is 731 g/mol. The number of carbonyl (C=O) groups excluding carboxylic acids is 4. The first-order valence-electron chi connectivity index (χ1n) is 18.3. The molecule has 13 nitrogen and oxygen atoms in total. The average Bonchev–Trinajstić information content (AvgIpc) is 3.79. The van der Waals surface area contributed by atoms with E-state index in [-0.39, 0.29) is 25.5 Å². The molecule has 4 aliphatic heterocycles. The number of carbonyl (C=O) groups is 4. The molecular weight excluding hydrogens is 688 g/mol. The number of likely N-dealkylation sites (N-methyl/N-ethyl adjacent to an activating group) is 1. The van der Waals surface area contributed by atoms with E-state index in [1.165, 1.54) is 4.90 Å². The highest BCUT2D eigenvalue weighted by atomic mass is 16.6. The molecule has 8 rings (SSSR count). The summed E-state index contributed by atoms with van der Waals surface area (Å²) in [5.41, 5.74) is 1.12. The summed E-state index contributed by atoms with van der Waals surface area (Å²) in [5, 5.41) is 19.5. The lowest BCUT2D eigenvalue weighted by atomic mass is 9.77. The van der Waals surface area contributed by atoms with Gasteiger partial charge in [0.1, 0.15) is 35.9 Å². The molecule has 2 fully saturated rings. The zero-order chi connectivity index (χ0) is 37.6. The second-order valence-electron chi connectivity index (χ2n) is 14.4. The van der Waals surface area contributed by atoms with Crippen molar-refractivity contribution >= 4 is 34.7 Å². The summed E-state index contributed by atoms with van der Waals surface area (Å²) < 4.78 is 14.9. The Morgan fingerprint density at radius 2 is 1.65 bits per heavy atom. The van der Waals surface area contributed by atoms with E-state index in [4.69, 9.17) is 9.47 Å². The third kappa shape index (κ3) is 5.87. The lowest BCUT2D eigenvalue weighted by molar-refractivity contribution is -0.164. The van der Waals surface area contributed by atoms with Gasteiger partial charge in [-0.3, -0.25) is 19.2 Å². The molecule has 4 aliphatic rings. The minimum absolute atomic E-state index is 0.0328. The number of allylic oxidation sites excluding steroid dienone is 1. The number of cyclic esters (lactones) is 1. The van der Waals surface area contributed by atoms with Crippen LogP contribution in [-0.2, 0) is 35.3 Å². The van der Waals surface area contributed by atoms with Crippen molar-refractivity contribution in [1.29, 1.82) is 0 Å². The number of benzene rings is 3. The fraction of sp³-hybridized carbons (Fsp3) is 0.366. The molecule has 0 bridgehead atoms. The van der Waals surface area contributed by atoms with Crippen molar-refractivity contribution in [3.05, 3.63) is 120 Å². The Kier molecular flexibility index (Phi) is 9.36. The van der Waals surface area contributed by atoms with Crippen molar-refractivity contribution in [2.24, 2.45) is 11.8 Å². The predicted molar refractivity (Wildman–Crippen MR) is 196 cm³/mol. The molecule has 5 heterocycles. The molecule has 13 heteroatoms. The van der Waals surface area contributed by atoms with E-state index in [1.54, 1.807) is 70.1 Å². The summed E-state index contributed by atoms with van der Waals surface area (Å²) in [7, 11) is 1.69. The lowest BCUT2D eigenvalue weighted by Crippen LogP contribution is -2.56. The zero-order valence-corrected chi connectivity index (χ0v) is 30.0. The first-order chi connectivity index (χ1) is 26.2. The molecule has 0 saturated carbocycles. The number of ether oxygens (including phenoxy) is 2. The maximum Gasteiger partial charge on any atom is 0.313 e. The number of aliphatic hydroxyl groups is 1. The van der Waals surface area contributed by atoms with E-state index in [1.807, 2.05) is 67.6 Å². The number of hydrogen-bond acceptors (Lipinski definition) is 9. The molecule has 8 atom stereocenters. The maximum atomic E-state index is 15.2. The molecule has 1 N–H and O–H groups in total. The van der Waals surface area contributed by atoms with E-state index in [0.29, 0.717) is 23.1 Å². The first kappa shape index (κ1) is 35.4. The summed E-state index contributed by atoms with van der Waals surface area (Å²) in [6.45, 7) is 1.55. The first-order valence-corrected chi connectivity index (χ1v) is 18.3. The molecule has 4 aromatic rings. The number of rotatable bonds is 6. The lowest BCUT2D eigenvalue weighted by Gasteiger charge is -2.38. The Bertz CT molecular complexity index is 2120. The summed E-state index contributed by atoms with van der Waals surface area (Å²) in [5.74, 6) is -4.05. The molecular formula is C41H42N6O7. The van der Waals surface area contributed by atoms with Gasteiger partial charge in [-0.2, -0.15) is 0 Å². The van der Waals surface area contributed by atoms with Crippen molar-refractivity contribution in [2.75, 3.05) is 20.2 Å². The normalized spacial score (nSPS) is 29.9. The van der Waals surface area contributed by atoms with Crippen molar-refractivity contribution < 1.29 is 33.8 Å². The van der Waals surface area contributed by atoms with E-state index >= 15 is 9.59 Å². The van der Waals surface area contributed by atoms with Crippen LogP contribution < -0.4 is 0 Å². The van der Waals surface area contributed by atoms with Crippen LogP contribution in [0, 0.1) is 11.8 Å². The number of esters is 1. The smallest absolute Gasteiger partial charge is 0.313 e. The van der Waals surface area contributed by atoms with Crippen LogP contribution in [-0.4, -0.2) is 102 Å². The standard InChI is InChI=1S/C41H42N6O7/c1-26-36(28-16-7-4-8-17-28)53-40(52)34-32(20-11-12-21-33(49)44(26)2)54-41-22-13-23-45(25-46-30-19-10-9-18-29(30)42-43-46)39(51)37(41)47(38(50)35(34)41)31(24-48)27-14-5-3-6-15-27/h3-11,13-20,22,26,31-32,34-37,48H,12,21,23-25H2,1-2H3/b20-11-/t26-,31+,32-,34+,35+,36+,37-,41+/m0/s1. The Hall–Kier alpha value is -5.66. The minimum atomic E-state index is -1.60. The Morgan fingerprint density at radius 1 is 0.926 bits per heavy atom. The van der Waals surface area contributed by atoms with Gasteiger partial charge in [0.25, 0.3) is 5.91 Å². The second-order valence-corrected chi connectivity index (χ2v) is 14.4. The van der Waals surface area contributed by atoms with Gasteiger partial charge in [-0.25, -0.2) is 4.68 Å². The number of amides is 3. The quantitative estimate of drug-likeness (QED) is 0.232. The van der Waals surface area contributed by atoms with Gasteiger partial charge in [0.15, 0.2) is 0 Å². The number of fused-ring (bicyclic) bond motifs is 3. The molecule has 3 aromatic carbocycles. The van der Waals surface area contributed by atoms with Crippen LogP contribution in [0.4, 0.5) is 0 Å². The van der Waals surface area contributed by atoms with Crippen LogP contribution in [0.15, 0.2) is 109 Å². The van der Waals surface area contributed by atoms with E-state index in [0.717, 1.165) is 5.52 Å². The minimum Gasteiger partial charge on any atom is -0.455 e. The molecule has 2 saturated heterocycles. The number of nitrogens with zero attached hydrogens (tertiary/aromatic N) is 6. The molecule has 0 aliphatic carbocycles. The van der Waals surface area contributed by atoms with Crippen molar-refractivity contribution in [3.63, 3.8) is 0 Å². The SMILES string of the molecule is C[C@H]1[C@H](c2ccccc2)OC(=O)[C@@H]2[C@H](/C=C\CCC(=O)N1C)O[C@@]13C=CCN(Cn4nnc5ccccc54)C(=O)[C@@H]1N([C@H](CO)c1ccccc1)C(=O)[C@@H]23. The van der Waals surface area contributed by atoms with Gasteiger partial charge in [0.2, 0.25) is 11.8 Å². The van der Waals surface area contributed by atoms with Crippen LogP contribution in [0.2, 0.25) is 0 Å². The fourth-order valence-corrected chi connectivity index (χ4v) is 8.55. The molecule has 3 amide bonds. The highest BCUT2D eigenvalue weighted by Crippen LogP contribution is 2.55. The molecule has 1 aromatic heterocycles. The van der Waals surface area contributed by atoms with Gasteiger partial charge in [-0.1, -0.05) is 102 Å². The summed E-state index contributed by atoms with van der Waals surface area (Å²) in [6, 6.07) is 23.0. The van der Waals surface area contributed by atoms with Crippen molar-refractivity contribution in [2.45, 2.75) is 62.4 Å². The monoisotopic (exact) mass is 730 g/mol. The Balaban J connectivity index is 1.24. The highest BCUT2D eigenvalue weighted by Gasteiger charge is 2.72. The van der Waals surface area contributed by atoms with E-state index < -0.39 is 72.2 Å². The maximum absolute atomic E-state index is 15.2. The van der Waals surface area contributed by atoms with Crippen LogP contribution in [0.25, 0.3) is 11.0 Å². The van der Waals surface area contributed by atoms with E-state index in [2.05, 4.69) is 10.3 Å². The van der Waals surface area contributed by atoms with Gasteiger partial charge in [0, 0.05) is 20.0 Å². The van der Waals surface area contributed by atoms with Gasteiger partial charge in [0.05, 0.1) is 36.2 Å². The molecule has 0 unspecified atom stereocenters. The molecule has 1 spiro atoms. The van der Waals surface area contributed by atoms with Crippen molar-refractivity contribution in [1.82, 2.24) is 29.7 Å². The summed E-state index contributed by atoms with van der Waals surface area (Å²) >= 11 is 0. The van der Waals surface area contributed by atoms with Gasteiger partial charge >= 0.3 is 5.97 Å². The van der Waals surface area contributed by atoms with Crippen LogP contribution in [0.5, 0.6) is 0 Å². The second kappa shape index (κ2) is 14.3. The third-order valence-electron chi connectivity index (χ3n) is 11.4. The fourth-order valence-electron chi connectivity index (χ4n) is 8.55. The molecule has 0 radical (unpaired) electrons. The van der Waals surface area contributed by atoms with Gasteiger partial charge in [-0.05, 0) is 36.6 Å². The van der Waals surface area contributed by atoms with Gasteiger partial charge < -0.3 is 29.3 Å². The van der Waals surface area contributed by atoms with E-state index in [9.17, 15) is 14.7 Å². The Morgan fingerprint density at radius 3 is 2.41 bits per heavy atom. The molecule has 54 heavy (non-hydrogen) atoms. The van der Waals surface area contributed by atoms with Crippen LogP contribution >= 0.6 is 0 Å². The zero-order valence-electron chi connectivity index (χ0n) is 30.0. The van der Waals surface area contributed by atoms with Gasteiger partial charge in [-0.15, -0.1) is 5.10 Å². The van der Waals surface area contributed by atoms with Crippen LogP contribution in [0.3, 0.4) is 0 Å². The number of para-hydroxylation sites is 1. The Labute approximate surface area is 312 Å². The van der Waals surface area contributed by atoms with Crippen LogP contribution in [0.1, 0.15) is 43.0 Å². The topological polar surface area (TPSA) is 147 Å². The third-order valence-corrected chi connectivity index (χ3v) is 11.4. The summed E-state index contributed by atoms with van der Waals surface area (Å²) in [6.07, 6.45) is 5.83.